The van der Waals surface area contributed by atoms with Crippen molar-refractivity contribution in [2.45, 2.75) is 38.2 Å². The molecule has 1 aromatic heterocycles. The van der Waals surface area contributed by atoms with Gasteiger partial charge < -0.3 is 25.1 Å². The maximum atomic E-state index is 12.8. The van der Waals surface area contributed by atoms with Crippen molar-refractivity contribution in [3.05, 3.63) is 71.8 Å². The molecule has 2 aliphatic rings. The Morgan fingerprint density at radius 2 is 1.89 bits per heavy atom. The summed E-state index contributed by atoms with van der Waals surface area (Å²) in [5, 5.41) is 5.78. The summed E-state index contributed by atoms with van der Waals surface area (Å²) >= 11 is 0. The van der Waals surface area contributed by atoms with Crippen LogP contribution in [0.15, 0.2) is 60.7 Å². The molecule has 0 unspecified atom stereocenters. The number of fused-ring (bicyclic) bond motifs is 2. The molecule has 0 radical (unpaired) electrons. The summed E-state index contributed by atoms with van der Waals surface area (Å²) < 4.78 is 11.6. The van der Waals surface area contributed by atoms with Crippen LogP contribution >= 0.6 is 0 Å². The summed E-state index contributed by atoms with van der Waals surface area (Å²) in [4.78, 5) is 20.9. The van der Waals surface area contributed by atoms with Crippen LogP contribution in [-0.2, 0) is 0 Å². The number of aromatic nitrogens is 2. The zero-order valence-electron chi connectivity index (χ0n) is 20.5. The third kappa shape index (κ3) is 4.28. The van der Waals surface area contributed by atoms with Gasteiger partial charge in [0.2, 0.25) is 0 Å². The molecule has 4 aromatic rings. The van der Waals surface area contributed by atoms with Crippen LogP contribution < -0.4 is 20.1 Å². The topological polar surface area (TPSA) is 88.3 Å². The molecule has 2 amide bonds. The minimum atomic E-state index is -0.394. The van der Waals surface area contributed by atoms with Crippen LogP contribution in [0.3, 0.4) is 0 Å². The van der Waals surface area contributed by atoms with E-state index in [0.29, 0.717) is 22.9 Å². The van der Waals surface area contributed by atoms with E-state index in [1.807, 2.05) is 50.3 Å². The van der Waals surface area contributed by atoms with Gasteiger partial charge in [-0.25, -0.2) is 9.78 Å². The van der Waals surface area contributed by atoms with E-state index in [-0.39, 0.29) is 6.03 Å². The number of methoxy groups -OCH3 is 1. The van der Waals surface area contributed by atoms with Crippen LogP contribution in [-0.4, -0.2) is 28.7 Å². The molecular formula is C29H28N4O3. The largest absolute Gasteiger partial charge is 0.494 e. The molecule has 0 bridgehead atoms. The number of benzene rings is 3. The molecule has 1 aliphatic carbocycles. The summed E-state index contributed by atoms with van der Waals surface area (Å²) in [6, 6.07) is 17.5. The predicted molar refractivity (Wildman–Crippen MR) is 143 cm³/mol. The molecule has 3 aromatic carbocycles. The Balaban J connectivity index is 1.19. The van der Waals surface area contributed by atoms with Crippen LogP contribution in [0.4, 0.5) is 16.2 Å². The summed E-state index contributed by atoms with van der Waals surface area (Å²) in [6.45, 7) is 3.98. The predicted octanol–water partition coefficient (Wildman–Crippen LogP) is 6.94. The standard InChI is InChI=1S/C29H28N4O3/c1-29(2)15-14-21-25(36-29)13-12-23(26(21)35-3)33-28(34)30-20-10-11-22-24(16-20)32-27(31-22)19-8-6-18(7-9-19)17-4-5-17/h6-17H,4-5H2,1-3H3,(H,31,32)(H2,30,33,34). The zero-order valence-corrected chi connectivity index (χ0v) is 20.5. The summed E-state index contributed by atoms with van der Waals surface area (Å²) in [5.74, 6) is 2.81. The van der Waals surface area contributed by atoms with Gasteiger partial charge in [-0.1, -0.05) is 24.3 Å². The highest BCUT2D eigenvalue weighted by Crippen LogP contribution is 2.42. The number of hydrogen-bond donors (Lipinski definition) is 3. The maximum absolute atomic E-state index is 12.8. The van der Waals surface area contributed by atoms with Gasteiger partial charge >= 0.3 is 6.03 Å². The van der Waals surface area contributed by atoms with Crippen molar-refractivity contribution in [2.75, 3.05) is 17.7 Å². The van der Waals surface area contributed by atoms with Gasteiger partial charge in [-0.05, 0) is 80.7 Å². The smallest absolute Gasteiger partial charge is 0.323 e. The number of carbonyl (C=O) groups excluding carboxylic acids is 1. The highest BCUT2D eigenvalue weighted by Gasteiger charge is 2.25. The van der Waals surface area contributed by atoms with E-state index in [4.69, 9.17) is 14.5 Å². The Labute approximate surface area is 209 Å². The van der Waals surface area contributed by atoms with Crippen LogP contribution in [0.1, 0.15) is 43.7 Å². The number of ether oxygens (including phenoxy) is 2. The van der Waals surface area contributed by atoms with Crippen molar-refractivity contribution in [3.63, 3.8) is 0 Å². The van der Waals surface area contributed by atoms with E-state index >= 15 is 0 Å². The lowest BCUT2D eigenvalue weighted by Crippen LogP contribution is -2.27. The number of imidazole rings is 1. The number of urea groups is 1. The number of hydrogen-bond acceptors (Lipinski definition) is 4. The lowest BCUT2D eigenvalue weighted by molar-refractivity contribution is 0.158. The first-order chi connectivity index (χ1) is 17.4. The number of nitrogens with one attached hydrogen (secondary N) is 3. The molecular weight excluding hydrogens is 452 g/mol. The van der Waals surface area contributed by atoms with E-state index in [9.17, 15) is 4.79 Å². The van der Waals surface area contributed by atoms with Crippen molar-refractivity contribution in [2.24, 2.45) is 0 Å². The van der Waals surface area contributed by atoms with Gasteiger partial charge in [0.05, 0.1) is 29.4 Å². The number of H-pyrrole nitrogens is 1. The van der Waals surface area contributed by atoms with Gasteiger partial charge in [-0.2, -0.15) is 0 Å². The first-order valence-corrected chi connectivity index (χ1v) is 12.2. The average Bonchev–Trinajstić information content (AvgIpc) is 3.62. The monoisotopic (exact) mass is 480 g/mol. The SMILES string of the molecule is COc1c(NC(=O)Nc2ccc3[nH]c(-c4ccc(C5CC5)cc4)nc3c2)ccc2c1C=CC(C)(C)O2. The fourth-order valence-electron chi connectivity index (χ4n) is 4.58. The zero-order chi connectivity index (χ0) is 24.9. The molecule has 7 heteroatoms. The fraction of sp³-hybridized carbons (Fsp3) is 0.241. The highest BCUT2D eigenvalue weighted by atomic mass is 16.5. The Kier molecular flexibility index (Phi) is 5.21. The van der Waals surface area contributed by atoms with E-state index in [1.165, 1.54) is 18.4 Å². The van der Waals surface area contributed by atoms with Crippen molar-refractivity contribution >= 4 is 34.5 Å². The van der Waals surface area contributed by atoms with E-state index in [2.05, 4.69) is 39.9 Å². The minimum Gasteiger partial charge on any atom is -0.494 e. The van der Waals surface area contributed by atoms with Crippen molar-refractivity contribution in [1.29, 1.82) is 0 Å². The first kappa shape index (κ1) is 22.2. The molecule has 6 rings (SSSR count). The van der Waals surface area contributed by atoms with Gasteiger partial charge in [0.1, 0.15) is 17.2 Å². The highest BCUT2D eigenvalue weighted by molar-refractivity contribution is 6.02. The van der Waals surface area contributed by atoms with Crippen LogP contribution in [0.25, 0.3) is 28.5 Å². The van der Waals surface area contributed by atoms with Gasteiger partial charge in [-0.3, -0.25) is 0 Å². The van der Waals surface area contributed by atoms with Crippen LogP contribution in [0, 0.1) is 0 Å². The fourth-order valence-corrected chi connectivity index (χ4v) is 4.58. The number of nitrogens with zero attached hydrogens (tertiary/aromatic N) is 1. The van der Waals surface area contributed by atoms with Crippen LogP contribution in [0.5, 0.6) is 11.5 Å². The second-order valence-corrected chi connectivity index (χ2v) is 9.89. The summed E-state index contributed by atoms with van der Waals surface area (Å²) in [5.41, 5.74) is 5.74. The number of amides is 2. The molecule has 0 atom stereocenters. The number of anilines is 2. The van der Waals surface area contributed by atoms with Crippen molar-refractivity contribution in [1.82, 2.24) is 9.97 Å². The maximum Gasteiger partial charge on any atom is 0.323 e. The Bertz CT molecular complexity index is 1500. The van der Waals surface area contributed by atoms with E-state index in [1.54, 1.807) is 13.2 Å². The summed E-state index contributed by atoms with van der Waals surface area (Å²) in [7, 11) is 1.58. The molecule has 2 heterocycles. The molecule has 0 saturated heterocycles. The van der Waals surface area contributed by atoms with Gasteiger partial charge in [-0.15, -0.1) is 0 Å². The third-order valence-electron chi connectivity index (χ3n) is 6.61. The molecule has 182 valence electrons. The van der Waals surface area contributed by atoms with E-state index in [0.717, 1.165) is 33.9 Å². The Morgan fingerprint density at radius 3 is 2.64 bits per heavy atom. The van der Waals surface area contributed by atoms with Gasteiger partial charge in [0, 0.05) is 11.3 Å². The normalized spacial score (nSPS) is 15.8. The molecule has 7 nitrogen and oxygen atoms in total. The third-order valence-corrected chi connectivity index (χ3v) is 6.61. The van der Waals surface area contributed by atoms with Gasteiger partial charge in [0.25, 0.3) is 0 Å². The van der Waals surface area contributed by atoms with Crippen molar-refractivity contribution < 1.29 is 14.3 Å². The second kappa shape index (κ2) is 8.45. The average molecular weight is 481 g/mol. The Morgan fingerprint density at radius 1 is 1.08 bits per heavy atom. The summed E-state index contributed by atoms with van der Waals surface area (Å²) in [6.07, 6.45) is 6.51. The molecule has 1 aliphatic heterocycles. The molecule has 36 heavy (non-hydrogen) atoms. The quantitative estimate of drug-likeness (QED) is 0.289. The number of rotatable bonds is 5. The number of aromatic amines is 1. The van der Waals surface area contributed by atoms with Gasteiger partial charge in [0.15, 0.2) is 5.75 Å². The van der Waals surface area contributed by atoms with E-state index < -0.39 is 5.60 Å². The number of carbonyl (C=O) groups is 1. The second-order valence-electron chi connectivity index (χ2n) is 9.89. The molecule has 1 fully saturated rings. The lowest BCUT2D eigenvalue weighted by atomic mass is 10.0. The molecule has 0 spiro atoms. The van der Waals surface area contributed by atoms with Crippen molar-refractivity contribution in [3.8, 4) is 22.9 Å². The van der Waals surface area contributed by atoms with Crippen LogP contribution in [0.2, 0.25) is 0 Å². The first-order valence-electron chi connectivity index (χ1n) is 12.2. The molecule has 3 N–H and O–H groups in total. The lowest BCUT2D eigenvalue weighted by Gasteiger charge is -2.29. The molecule has 1 saturated carbocycles. The Hall–Kier alpha value is -4.26. The minimum absolute atomic E-state index is 0.375.